The van der Waals surface area contributed by atoms with Gasteiger partial charge in [0.15, 0.2) is 5.82 Å². The summed E-state index contributed by atoms with van der Waals surface area (Å²) in [6.07, 6.45) is 11.7. The Kier molecular flexibility index (Phi) is 4.02. The lowest BCUT2D eigenvalue weighted by molar-refractivity contribution is 0.581. The Morgan fingerprint density at radius 2 is 2.03 bits per heavy atom. The molecule has 1 aliphatic heterocycles. The number of aromatic nitrogens is 5. The number of fused-ring (bicyclic) bond motifs is 1. The summed E-state index contributed by atoms with van der Waals surface area (Å²) in [4.78, 5) is 8.06. The number of benzene rings is 1. The van der Waals surface area contributed by atoms with Crippen LogP contribution in [0.1, 0.15) is 19.3 Å². The summed E-state index contributed by atoms with van der Waals surface area (Å²) in [5, 5.41) is 10.0. The van der Waals surface area contributed by atoms with E-state index < -0.39 is 0 Å². The lowest BCUT2D eigenvalue weighted by Crippen LogP contribution is -2.20. The lowest BCUT2D eigenvalue weighted by atomic mass is 10.1. The number of pyridine rings is 1. The second-order valence-electron chi connectivity index (χ2n) is 8.38. The van der Waals surface area contributed by atoms with Gasteiger partial charge < -0.3 is 9.62 Å². The maximum atomic E-state index is 4.54. The molecule has 0 radical (unpaired) electrons. The molecule has 4 aromatic rings. The molecule has 2 aliphatic rings. The highest BCUT2D eigenvalue weighted by atomic mass is 32.2. The van der Waals surface area contributed by atoms with E-state index in [-0.39, 0.29) is 0 Å². The molecule has 1 saturated carbocycles. The molecule has 2 fully saturated rings. The number of rotatable bonds is 5. The molecule has 152 valence electrons. The van der Waals surface area contributed by atoms with Gasteiger partial charge in [0.05, 0.1) is 28.5 Å². The SMILES string of the molecule is Cn1ncc2cccc(NSc3cnn(-c4cc(N5CCC6(CC6)C5)ccn4)c3)c21. The Labute approximate surface area is 179 Å². The Hall–Kier alpha value is -3.00. The number of nitrogens with one attached hydrogen (secondary N) is 1. The highest BCUT2D eigenvalue weighted by Gasteiger charge is 2.47. The van der Waals surface area contributed by atoms with Crippen molar-refractivity contribution >= 4 is 34.2 Å². The predicted octanol–water partition coefficient (Wildman–Crippen LogP) is 4.26. The van der Waals surface area contributed by atoms with E-state index >= 15 is 0 Å². The first-order valence-corrected chi connectivity index (χ1v) is 11.1. The van der Waals surface area contributed by atoms with Gasteiger partial charge in [-0.05, 0) is 48.8 Å². The number of anilines is 2. The van der Waals surface area contributed by atoms with Gasteiger partial charge in [0.1, 0.15) is 0 Å². The van der Waals surface area contributed by atoms with E-state index in [1.165, 1.54) is 31.5 Å². The number of hydrogen-bond donors (Lipinski definition) is 1. The standard InChI is InChI=1S/C22H23N7S/c1-27-21-16(12-24-27)3-2-4-19(21)26-30-18-13-25-29(14-18)20-11-17(5-9-23-20)28-10-8-22(15-28)6-7-22/h2-5,9,11-14,26H,6-8,10,15H2,1H3. The predicted molar refractivity (Wildman–Crippen MR) is 120 cm³/mol. The molecular formula is C22H23N7S. The average molecular weight is 418 g/mol. The van der Waals surface area contributed by atoms with E-state index in [4.69, 9.17) is 0 Å². The van der Waals surface area contributed by atoms with Crippen molar-refractivity contribution in [2.75, 3.05) is 22.7 Å². The minimum absolute atomic E-state index is 0.612. The van der Waals surface area contributed by atoms with Gasteiger partial charge >= 0.3 is 0 Å². The first kappa shape index (κ1) is 17.8. The third kappa shape index (κ3) is 3.11. The van der Waals surface area contributed by atoms with Crippen LogP contribution in [0.5, 0.6) is 0 Å². The van der Waals surface area contributed by atoms with Crippen LogP contribution >= 0.6 is 11.9 Å². The lowest BCUT2D eigenvalue weighted by Gasteiger charge is -2.19. The van der Waals surface area contributed by atoms with Crippen molar-refractivity contribution in [3.63, 3.8) is 0 Å². The zero-order valence-corrected chi connectivity index (χ0v) is 17.6. The second-order valence-corrected chi connectivity index (χ2v) is 9.26. The molecule has 30 heavy (non-hydrogen) atoms. The van der Waals surface area contributed by atoms with Gasteiger partial charge in [-0.3, -0.25) is 4.68 Å². The van der Waals surface area contributed by atoms with Crippen LogP contribution in [0, 0.1) is 5.41 Å². The van der Waals surface area contributed by atoms with Crippen molar-refractivity contribution in [1.82, 2.24) is 24.5 Å². The molecule has 0 amide bonds. The minimum Gasteiger partial charge on any atom is -0.371 e. The van der Waals surface area contributed by atoms with Crippen LogP contribution in [0.3, 0.4) is 0 Å². The minimum atomic E-state index is 0.612. The van der Waals surface area contributed by atoms with Crippen molar-refractivity contribution in [3.8, 4) is 5.82 Å². The van der Waals surface area contributed by atoms with Crippen LogP contribution in [0.2, 0.25) is 0 Å². The van der Waals surface area contributed by atoms with Crippen molar-refractivity contribution in [1.29, 1.82) is 0 Å². The highest BCUT2D eigenvalue weighted by molar-refractivity contribution is 8.00. The van der Waals surface area contributed by atoms with Crippen LogP contribution in [-0.2, 0) is 7.05 Å². The van der Waals surface area contributed by atoms with Crippen molar-refractivity contribution in [2.45, 2.75) is 24.2 Å². The van der Waals surface area contributed by atoms with E-state index in [1.807, 2.05) is 47.3 Å². The molecule has 1 aromatic carbocycles. The van der Waals surface area contributed by atoms with Crippen molar-refractivity contribution in [3.05, 3.63) is 55.1 Å². The van der Waals surface area contributed by atoms with E-state index in [9.17, 15) is 0 Å². The second kappa shape index (κ2) is 6.77. The van der Waals surface area contributed by atoms with Gasteiger partial charge in [0.2, 0.25) is 0 Å². The number of nitrogens with zero attached hydrogens (tertiary/aromatic N) is 6. The third-order valence-electron chi connectivity index (χ3n) is 6.32. The van der Waals surface area contributed by atoms with Gasteiger partial charge in [-0.15, -0.1) is 0 Å². The van der Waals surface area contributed by atoms with E-state index in [0.29, 0.717) is 5.41 Å². The fourth-order valence-corrected chi connectivity index (χ4v) is 5.03. The average Bonchev–Trinajstić information content (AvgIpc) is 3.12. The maximum absolute atomic E-state index is 4.54. The number of hydrogen-bond acceptors (Lipinski definition) is 6. The first-order valence-electron chi connectivity index (χ1n) is 10.3. The zero-order valence-electron chi connectivity index (χ0n) is 16.8. The first-order chi connectivity index (χ1) is 14.7. The molecule has 1 N–H and O–H groups in total. The fraction of sp³-hybridized carbons (Fsp3) is 0.318. The van der Waals surface area contributed by atoms with E-state index in [2.05, 4.69) is 49.1 Å². The topological polar surface area (TPSA) is 63.8 Å². The van der Waals surface area contributed by atoms with Crippen molar-refractivity contribution < 1.29 is 0 Å². The molecule has 0 unspecified atom stereocenters. The molecule has 1 spiro atoms. The maximum Gasteiger partial charge on any atom is 0.155 e. The fourth-order valence-electron chi connectivity index (χ4n) is 4.38. The quantitative estimate of drug-likeness (QED) is 0.490. The third-order valence-corrected chi connectivity index (χ3v) is 7.09. The molecule has 8 heteroatoms. The molecular weight excluding hydrogens is 394 g/mol. The molecule has 7 nitrogen and oxygen atoms in total. The van der Waals surface area contributed by atoms with Gasteiger partial charge in [0.25, 0.3) is 0 Å². The summed E-state index contributed by atoms with van der Waals surface area (Å²) in [5.74, 6) is 0.852. The van der Waals surface area contributed by atoms with Crippen LogP contribution in [0.25, 0.3) is 16.7 Å². The summed E-state index contributed by atoms with van der Waals surface area (Å²) in [7, 11) is 1.96. The van der Waals surface area contributed by atoms with Crippen LogP contribution in [0.15, 0.2) is 60.0 Å². The number of aryl methyl sites for hydroxylation is 1. The Morgan fingerprint density at radius 1 is 1.10 bits per heavy atom. The molecule has 1 aliphatic carbocycles. The smallest absolute Gasteiger partial charge is 0.155 e. The van der Waals surface area contributed by atoms with Crippen molar-refractivity contribution in [2.24, 2.45) is 12.5 Å². The monoisotopic (exact) mass is 417 g/mol. The van der Waals surface area contributed by atoms with Crippen LogP contribution < -0.4 is 9.62 Å². The molecule has 0 bridgehead atoms. The Balaban J connectivity index is 1.19. The van der Waals surface area contributed by atoms with Crippen LogP contribution in [0.4, 0.5) is 11.4 Å². The van der Waals surface area contributed by atoms with Gasteiger partial charge in [-0.1, -0.05) is 12.1 Å². The molecule has 4 heterocycles. The Morgan fingerprint density at radius 3 is 2.90 bits per heavy atom. The summed E-state index contributed by atoms with van der Waals surface area (Å²) < 4.78 is 7.18. The van der Waals surface area contributed by atoms with Gasteiger partial charge in [0, 0.05) is 49.7 Å². The molecule has 6 rings (SSSR count). The molecule has 3 aromatic heterocycles. The summed E-state index contributed by atoms with van der Waals surface area (Å²) in [6, 6.07) is 10.4. The van der Waals surface area contributed by atoms with Gasteiger partial charge in [-0.2, -0.15) is 10.2 Å². The molecule has 1 saturated heterocycles. The van der Waals surface area contributed by atoms with Gasteiger partial charge in [-0.25, -0.2) is 9.67 Å². The summed E-state index contributed by atoms with van der Waals surface area (Å²) in [5.41, 5.74) is 3.98. The summed E-state index contributed by atoms with van der Waals surface area (Å²) in [6.45, 7) is 2.33. The normalized spacial score (nSPS) is 17.2. The van der Waals surface area contributed by atoms with Crippen LogP contribution in [-0.4, -0.2) is 37.6 Å². The Bertz CT molecular complexity index is 1220. The largest absolute Gasteiger partial charge is 0.371 e. The summed E-state index contributed by atoms with van der Waals surface area (Å²) >= 11 is 1.54. The van der Waals surface area contributed by atoms with E-state index in [0.717, 1.165) is 33.8 Å². The zero-order chi connectivity index (χ0) is 20.1. The molecule has 0 atom stereocenters. The highest BCUT2D eigenvalue weighted by Crippen LogP contribution is 2.53. The number of para-hydroxylation sites is 1. The van der Waals surface area contributed by atoms with E-state index in [1.54, 1.807) is 11.9 Å².